The fourth-order valence-electron chi connectivity index (χ4n) is 4.39. The van der Waals surface area contributed by atoms with Crippen molar-refractivity contribution in [3.05, 3.63) is 35.4 Å². The highest BCUT2D eigenvalue weighted by Gasteiger charge is 2.35. The summed E-state index contributed by atoms with van der Waals surface area (Å²) in [6.07, 6.45) is 11.2. The number of fused-ring (bicyclic) bond motifs is 1. The molecule has 1 heteroatoms. The minimum atomic E-state index is 0.377. The number of hydrogen-bond acceptors (Lipinski definition) is 1. The van der Waals surface area contributed by atoms with Crippen molar-refractivity contribution in [2.75, 3.05) is 6.54 Å². The second-order valence-electron chi connectivity index (χ2n) is 7.87. The van der Waals surface area contributed by atoms with Crippen LogP contribution in [0.25, 0.3) is 0 Å². The highest BCUT2D eigenvalue weighted by molar-refractivity contribution is 5.34. The minimum absolute atomic E-state index is 0.377. The molecule has 1 saturated carbocycles. The Morgan fingerprint density at radius 2 is 1.90 bits per heavy atom. The summed E-state index contributed by atoms with van der Waals surface area (Å²) in [5.74, 6) is 1.03. The molecule has 1 atom stereocenters. The van der Waals surface area contributed by atoms with Gasteiger partial charge in [-0.05, 0) is 54.7 Å². The highest BCUT2D eigenvalue weighted by atomic mass is 14.9. The van der Waals surface area contributed by atoms with E-state index in [9.17, 15) is 0 Å². The van der Waals surface area contributed by atoms with E-state index in [-0.39, 0.29) is 0 Å². The quantitative estimate of drug-likeness (QED) is 0.728. The normalized spacial score (nSPS) is 25.0. The van der Waals surface area contributed by atoms with Crippen molar-refractivity contribution < 1.29 is 0 Å². The first kappa shape index (κ1) is 15.1. The van der Waals surface area contributed by atoms with Gasteiger partial charge in [0, 0.05) is 6.04 Å². The lowest BCUT2D eigenvalue weighted by Crippen LogP contribution is -2.38. The number of hydrogen-bond donors (Lipinski definition) is 1. The van der Waals surface area contributed by atoms with Gasteiger partial charge in [-0.1, -0.05) is 63.8 Å². The molecule has 0 aliphatic heterocycles. The molecule has 1 N–H and O–H groups in total. The summed E-state index contributed by atoms with van der Waals surface area (Å²) in [6, 6.07) is 9.58. The van der Waals surface area contributed by atoms with Crippen LogP contribution in [-0.2, 0) is 6.42 Å². The standard InChI is InChI=1S/C20H31N/c1-20(2)14-13-17-11-5-6-12-18(17)19(20)21-15-7-10-16-8-3-4-9-16/h5-6,11-12,16,19,21H,3-4,7-10,13-15H2,1-2H3. The molecule has 0 aromatic heterocycles. The summed E-state index contributed by atoms with van der Waals surface area (Å²) < 4.78 is 0. The Morgan fingerprint density at radius 1 is 1.14 bits per heavy atom. The first-order valence-electron chi connectivity index (χ1n) is 8.98. The van der Waals surface area contributed by atoms with Crippen LogP contribution in [0.3, 0.4) is 0 Å². The minimum Gasteiger partial charge on any atom is -0.309 e. The van der Waals surface area contributed by atoms with Crippen LogP contribution >= 0.6 is 0 Å². The Hall–Kier alpha value is -0.820. The average Bonchev–Trinajstić information content (AvgIpc) is 2.98. The fraction of sp³-hybridized carbons (Fsp3) is 0.700. The van der Waals surface area contributed by atoms with E-state index in [1.165, 1.54) is 57.9 Å². The molecule has 1 fully saturated rings. The summed E-state index contributed by atoms with van der Waals surface area (Å²) in [7, 11) is 0. The van der Waals surface area contributed by atoms with Crippen LogP contribution in [0.15, 0.2) is 24.3 Å². The molecule has 21 heavy (non-hydrogen) atoms. The molecule has 0 amide bonds. The highest BCUT2D eigenvalue weighted by Crippen LogP contribution is 2.43. The zero-order valence-electron chi connectivity index (χ0n) is 13.8. The van der Waals surface area contributed by atoms with E-state index >= 15 is 0 Å². The van der Waals surface area contributed by atoms with Crippen molar-refractivity contribution in [3.63, 3.8) is 0 Å². The lowest BCUT2D eigenvalue weighted by atomic mass is 9.70. The maximum absolute atomic E-state index is 3.89. The molecule has 1 aromatic rings. The van der Waals surface area contributed by atoms with Gasteiger partial charge in [0.05, 0.1) is 0 Å². The van der Waals surface area contributed by atoms with Gasteiger partial charge < -0.3 is 5.32 Å². The van der Waals surface area contributed by atoms with Gasteiger partial charge in [0.15, 0.2) is 0 Å². The van der Waals surface area contributed by atoms with Crippen molar-refractivity contribution in [1.82, 2.24) is 5.32 Å². The maximum atomic E-state index is 3.89. The zero-order chi connectivity index (χ0) is 14.7. The molecule has 0 saturated heterocycles. The third-order valence-corrected chi connectivity index (χ3v) is 5.80. The van der Waals surface area contributed by atoms with Gasteiger partial charge >= 0.3 is 0 Å². The molecule has 0 radical (unpaired) electrons. The summed E-state index contributed by atoms with van der Waals surface area (Å²) >= 11 is 0. The molecule has 2 aliphatic rings. The Balaban J connectivity index is 1.57. The van der Waals surface area contributed by atoms with Gasteiger partial charge in [0.25, 0.3) is 0 Å². The van der Waals surface area contributed by atoms with Crippen LogP contribution in [0, 0.1) is 11.3 Å². The van der Waals surface area contributed by atoms with Crippen LogP contribution in [0.2, 0.25) is 0 Å². The van der Waals surface area contributed by atoms with Crippen molar-refractivity contribution in [1.29, 1.82) is 0 Å². The number of nitrogens with one attached hydrogen (secondary N) is 1. The van der Waals surface area contributed by atoms with E-state index in [0.717, 1.165) is 5.92 Å². The monoisotopic (exact) mass is 285 g/mol. The molecule has 1 unspecified atom stereocenters. The van der Waals surface area contributed by atoms with Crippen molar-refractivity contribution in [2.45, 2.75) is 71.3 Å². The van der Waals surface area contributed by atoms with Gasteiger partial charge in [-0.3, -0.25) is 0 Å². The Kier molecular flexibility index (Phi) is 4.69. The summed E-state index contributed by atoms with van der Waals surface area (Å²) in [6.45, 7) is 6.04. The van der Waals surface area contributed by atoms with Crippen LogP contribution < -0.4 is 5.32 Å². The lowest BCUT2D eigenvalue weighted by Gasteiger charge is -2.41. The zero-order valence-corrected chi connectivity index (χ0v) is 13.8. The second kappa shape index (κ2) is 6.52. The molecule has 116 valence electrons. The van der Waals surface area contributed by atoms with Crippen molar-refractivity contribution in [2.24, 2.45) is 11.3 Å². The number of aryl methyl sites for hydroxylation is 1. The van der Waals surface area contributed by atoms with Gasteiger partial charge in [0.2, 0.25) is 0 Å². The van der Waals surface area contributed by atoms with Crippen LogP contribution in [-0.4, -0.2) is 6.54 Å². The van der Waals surface area contributed by atoms with Crippen molar-refractivity contribution in [3.8, 4) is 0 Å². The Bertz CT molecular complexity index is 457. The molecule has 0 bridgehead atoms. The topological polar surface area (TPSA) is 12.0 Å². The first-order chi connectivity index (χ1) is 10.2. The van der Waals surface area contributed by atoms with Crippen molar-refractivity contribution >= 4 is 0 Å². The molecule has 1 aromatic carbocycles. The van der Waals surface area contributed by atoms with Crippen LogP contribution in [0.4, 0.5) is 0 Å². The molecule has 1 nitrogen and oxygen atoms in total. The predicted molar refractivity (Wildman–Crippen MR) is 90.5 cm³/mol. The summed E-state index contributed by atoms with van der Waals surface area (Å²) in [4.78, 5) is 0. The lowest BCUT2D eigenvalue weighted by molar-refractivity contribution is 0.208. The van der Waals surface area contributed by atoms with E-state index in [1.807, 2.05) is 0 Å². The predicted octanol–water partition coefficient (Wildman–Crippen LogP) is 5.26. The second-order valence-corrected chi connectivity index (χ2v) is 7.87. The summed E-state index contributed by atoms with van der Waals surface area (Å²) in [5, 5.41) is 3.89. The SMILES string of the molecule is CC1(C)CCc2ccccc2C1NCCCC1CCCC1. The van der Waals surface area contributed by atoms with E-state index < -0.39 is 0 Å². The molecular formula is C20H31N. The molecule has 2 aliphatic carbocycles. The van der Waals surface area contributed by atoms with Gasteiger partial charge in [-0.2, -0.15) is 0 Å². The smallest absolute Gasteiger partial charge is 0.0374 e. The fourth-order valence-corrected chi connectivity index (χ4v) is 4.39. The summed E-state index contributed by atoms with van der Waals surface area (Å²) in [5.41, 5.74) is 3.49. The molecular weight excluding hydrogens is 254 g/mol. The maximum Gasteiger partial charge on any atom is 0.0374 e. The third kappa shape index (κ3) is 3.51. The van der Waals surface area contributed by atoms with Crippen LogP contribution in [0.5, 0.6) is 0 Å². The molecule has 3 rings (SSSR count). The average molecular weight is 285 g/mol. The van der Waals surface area contributed by atoms with Gasteiger partial charge in [0.1, 0.15) is 0 Å². The number of rotatable bonds is 5. The Labute approximate surface area is 130 Å². The van der Waals surface area contributed by atoms with Gasteiger partial charge in [-0.25, -0.2) is 0 Å². The third-order valence-electron chi connectivity index (χ3n) is 5.80. The number of benzene rings is 1. The van der Waals surface area contributed by atoms with E-state index in [4.69, 9.17) is 0 Å². The molecule has 0 heterocycles. The van der Waals surface area contributed by atoms with E-state index in [2.05, 4.69) is 43.4 Å². The van der Waals surface area contributed by atoms with E-state index in [1.54, 1.807) is 11.1 Å². The first-order valence-corrected chi connectivity index (χ1v) is 8.98. The Morgan fingerprint density at radius 3 is 2.71 bits per heavy atom. The van der Waals surface area contributed by atoms with Crippen LogP contribution in [0.1, 0.15) is 76.0 Å². The molecule has 0 spiro atoms. The van der Waals surface area contributed by atoms with E-state index in [0.29, 0.717) is 11.5 Å². The van der Waals surface area contributed by atoms with Gasteiger partial charge in [-0.15, -0.1) is 0 Å². The largest absolute Gasteiger partial charge is 0.309 e.